The van der Waals surface area contributed by atoms with E-state index in [0.29, 0.717) is 19.3 Å². The molecule has 17 heavy (non-hydrogen) atoms. The second kappa shape index (κ2) is 9.20. The van der Waals surface area contributed by atoms with E-state index in [2.05, 4.69) is 18.5 Å². The summed E-state index contributed by atoms with van der Waals surface area (Å²) in [6.45, 7) is 4.36. The lowest BCUT2D eigenvalue weighted by atomic mass is 9.89. The number of aliphatic hydroxyl groups excluding tert-OH is 1. The third-order valence-electron chi connectivity index (χ3n) is 3.28. The van der Waals surface area contributed by atoms with Crippen molar-refractivity contribution in [1.82, 2.24) is 5.32 Å². The van der Waals surface area contributed by atoms with Crippen molar-refractivity contribution in [3.8, 4) is 0 Å². The summed E-state index contributed by atoms with van der Waals surface area (Å²) < 4.78 is 5.78. The van der Waals surface area contributed by atoms with Gasteiger partial charge >= 0.3 is 0 Å². The summed E-state index contributed by atoms with van der Waals surface area (Å²) in [5, 5.41) is 13.0. The molecule has 0 aromatic carbocycles. The van der Waals surface area contributed by atoms with Crippen LogP contribution in [-0.2, 0) is 4.74 Å². The van der Waals surface area contributed by atoms with Crippen LogP contribution in [0.2, 0.25) is 0 Å². The molecular formula is C13H27NO2S. The fourth-order valence-corrected chi connectivity index (χ4v) is 2.63. The molecule has 1 rings (SSSR count). The van der Waals surface area contributed by atoms with E-state index in [1.807, 2.05) is 11.8 Å². The lowest BCUT2D eigenvalue weighted by molar-refractivity contribution is -0.0304. The molecule has 4 heteroatoms. The Labute approximate surface area is 110 Å². The van der Waals surface area contributed by atoms with Crippen LogP contribution in [0.4, 0.5) is 0 Å². The molecule has 1 aliphatic rings. The van der Waals surface area contributed by atoms with Crippen molar-refractivity contribution in [3.63, 3.8) is 0 Å². The van der Waals surface area contributed by atoms with Crippen LogP contribution in [0.25, 0.3) is 0 Å². The Balaban J connectivity index is 2.00. The summed E-state index contributed by atoms with van der Waals surface area (Å²) in [6.07, 6.45) is 7.02. The van der Waals surface area contributed by atoms with Crippen LogP contribution >= 0.6 is 11.8 Å². The van der Waals surface area contributed by atoms with Gasteiger partial charge < -0.3 is 15.2 Å². The number of aliphatic hydroxyl groups is 1. The molecule has 0 spiro atoms. The van der Waals surface area contributed by atoms with Crippen LogP contribution in [0.15, 0.2) is 0 Å². The molecule has 1 aliphatic carbocycles. The van der Waals surface area contributed by atoms with E-state index in [1.165, 1.54) is 12.8 Å². The number of ether oxygens (including phenoxy) is 1. The van der Waals surface area contributed by atoms with Gasteiger partial charge in [0.25, 0.3) is 0 Å². The third kappa shape index (κ3) is 7.29. The third-order valence-corrected chi connectivity index (χ3v) is 3.89. The Morgan fingerprint density at radius 2 is 2.29 bits per heavy atom. The first-order valence-corrected chi connectivity index (χ1v) is 8.11. The van der Waals surface area contributed by atoms with Gasteiger partial charge in [-0.15, -0.1) is 0 Å². The second-order valence-electron chi connectivity index (χ2n) is 5.08. The maximum Gasteiger partial charge on any atom is 0.0897 e. The van der Waals surface area contributed by atoms with Gasteiger partial charge in [-0.05, 0) is 25.0 Å². The van der Waals surface area contributed by atoms with Crippen LogP contribution in [0.5, 0.6) is 0 Å². The molecule has 0 heterocycles. The predicted molar refractivity (Wildman–Crippen MR) is 74.6 cm³/mol. The maximum absolute atomic E-state index is 9.75. The highest BCUT2D eigenvalue weighted by Gasteiger charge is 2.20. The van der Waals surface area contributed by atoms with E-state index in [9.17, 15) is 5.11 Å². The van der Waals surface area contributed by atoms with Crippen molar-refractivity contribution < 1.29 is 9.84 Å². The van der Waals surface area contributed by atoms with Gasteiger partial charge in [0.05, 0.1) is 18.8 Å². The van der Waals surface area contributed by atoms with Gasteiger partial charge in [-0.25, -0.2) is 0 Å². The Bertz CT molecular complexity index is 192. The summed E-state index contributed by atoms with van der Waals surface area (Å²) in [6, 6.07) is 0. The van der Waals surface area contributed by atoms with Crippen LogP contribution < -0.4 is 5.32 Å². The molecule has 3 nitrogen and oxygen atoms in total. The maximum atomic E-state index is 9.75. The van der Waals surface area contributed by atoms with E-state index < -0.39 is 0 Å². The van der Waals surface area contributed by atoms with Crippen molar-refractivity contribution in [2.24, 2.45) is 5.92 Å². The van der Waals surface area contributed by atoms with E-state index in [0.717, 1.165) is 31.1 Å². The molecular weight excluding hydrogens is 234 g/mol. The zero-order valence-corrected chi connectivity index (χ0v) is 12.0. The molecule has 2 N–H and O–H groups in total. The van der Waals surface area contributed by atoms with Gasteiger partial charge in [0.1, 0.15) is 0 Å². The molecule has 0 radical (unpaired) electrons. The zero-order chi connectivity index (χ0) is 12.5. The number of nitrogens with one attached hydrogen (secondary N) is 1. The fourth-order valence-electron chi connectivity index (χ4n) is 2.28. The summed E-state index contributed by atoms with van der Waals surface area (Å²) >= 11 is 1.81. The van der Waals surface area contributed by atoms with Gasteiger partial charge in [-0.3, -0.25) is 0 Å². The topological polar surface area (TPSA) is 41.5 Å². The fraction of sp³-hybridized carbons (Fsp3) is 1.00. The quantitative estimate of drug-likeness (QED) is 0.655. The monoisotopic (exact) mass is 261 g/mol. The van der Waals surface area contributed by atoms with E-state index in [4.69, 9.17) is 4.74 Å². The molecule has 0 aliphatic heterocycles. The van der Waals surface area contributed by atoms with Gasteiger partial charge in [0.15, 0.2) is 0 Å². The van der Waals surface area contributed by atoms with Gasteiger partial charge in [0.2, 0.25) is 0 Å². The predicted octanol–water partition coefficient (Wildman–Crippen LogP) is 1.90. The minimum Gasteiger partial charge on any atom is -0.389 e. The van der Waals surface area contributed by atoms with Crippen molar-refractivity contribution in [1.29, 1.82) is 0 Å². The highest BCUT2D eigenvalue weighted by molar-refractivity contribution is 7.98. The molecule has 0 saturated heterocycles. The molecule has 0 amide bonds. The SMILES string of the molecule is CSCCNCC(O)COC1CCCC(C)C1. The van der Waals surface area contributed by atoms with Crippen LogP contribution in [0, 0.1) is 5.92 Å². The molecule has 0 aromatic rings. The second-order valence-corrected chi connectivity index (χ2v) is 6.06. The van der Waals surface area contributed by atoms with Crippen molar-refractivity contribution in [3.05, 3.63) is 0 Å². The average Bonchev–Trinajstić information content (AvgIpc) is 2.32. The first-order chi connectivity index (χ1) is 8.22. The Morgan fingerprint density at radius 3 is 3.00 bits per heavy atom. The van der Waals surface area contributed by atoms with E-state index in [1.54, 1.807) is 0 Å². The molecule has 0 bridgehead atoms. The van der Waals surface area contributed by atoms with Gasteiger partial charge in [0, 0.05) is 18.8 Å². The minimum absolute atomic E-state index is 0.367. The van der Waals surface area contributed by atoms with E-state index in [-0.39, 0.29) is 6.10 Å². The van der Waals surface area contributed by atoms with Crippen LogP contribution in [0.3, 0.4) is 0 Å². The first-order valence-electron chi connectivity index (χ1n) is 6.71. The van der Waals surface area contributed by atoms with Crippen molar-refractivity contribution in [2.75, 3.05) is 31.7 Å². The standard InChI is InChI=1S/C13H27NO2S/c1-11-4-3-5-13(8-11)16-10-12(15)9-14-6-7-17-2/h11-15H,3-10H2,1-2H3. The summed E-state index contributed by atoms with van der Waals surface area (Å²) in [5.41, 5.74) is 0. The summed E-state index contributed by atoms with van der Waals surface area (Å²) in [5.74, 6) is 1.87. The lowest BCUT2D eigenvalue weighted by Crippen LogP contribution is -2.34. The minimum atomic E-state index is -0.367. The van der Waals surface area contributed by atoms with Crippen LogP contribution in [-0.4, -0.2) is 49.0 Å². The number of thioether (sulfide) groups is 1. The Kier molecular flexibility index (Phi) is 8.27. The van der Waals surface area contributed by atoms with E-state index >= 15 is 0 Å². The largest absolute Gasteiger partial charge is 0.389 e. The lowest BCUT2D eigenvalue weighted by Gasteiger charge is -2.27. The molecule has 1 fully saturated rings. The Morgan fingerprint density at radius 1 is 1.47 bits per heavy atom. The summed E-state index contributed by atoms with van der Waals surface area (Å²) in [7, 11) is 0. The highest BCUT2D eigenvalue weighted by Crippen LogP contribution is 2.25. The molecule has 0 aromatic heterocycles. The molecule has 1 saturated carbocycles. The number of rotatable bonds is 8. The smallest absolute Gasteiger partial charge is 0.0897 e. The zero-order valence-electron chi connectivity index (χ0n) is 11.2. The van der Waals surface area contributed by atoms with Crippen molar-refractivity contribution >= 4 is 11.8 Å². The Hall–Kier alpha value is 0.230. The molecule has 3 unspecified atom stereocenters. The summed E-state index contributed by atoms with van der Waals surface area (Å²) in [4.78, 5) is 0. The van der Waals surface area contributed by atoms with Gasteiger partial charge in [-0.2, -0.15) is 11.8 Å². The van der Waals surface area contributed by atoms with Crippen molar-refractivity contribution in [2.45, 2.75) is 44.8 Å². The molecule has 3 atom stereocenters. The first kappa shape index (κ1) is 15.3. The molecule has 102 valence electrons. The normalized spacial score (nSPS) is 27.0. The van der Waals surface area contributed by atoms with Crippen LogP contribution in [0.1, 0.15) is 32.6 Å². The highest BCUT2D eigenvalue weighted by atomic mass is 32.2. The number of hydrogen-bond acceptors (Lipinski definition) is 4. The number of hydrogen-bond donors (Lipinski definition) is 2. The van der Waals surface area contributed by atoms with Gasteiger partial charge in [-0.1, -0.05) is 19.8 Å². The average molecular weight is 261 g/mol.